The zero-order valence-corrected chi connectivity index (χ0v) is 16.1. The van der Waals surface area contributed by atoms with Crippen LogP contribution in [0.5, 0.6) is 0 Å². The summed E-state index contributed by atoms with van der Waals surface area (Å²) in [6.07, 6.45) is 1.22. The number of ether oxygens (including phenoxy) is 1. The second-order valence-electron chi connectivity index (χ2n) is 7.18. The fraction of sp³-hybridized carbons (Fsp3) is 0.429. The van der Waals surface area contributed by atoms with Crippen molar-refractivity contribution in [3.8, 4) is 0 Å². The van der Waals surface area contributed by atoms with E-state index in [1.54, 1.807) is 34.3 Å². The molecule has 1 saturated heterocycles. The van der Waals surface area contributed by atoms with Crippen LogP contribution in [0.2, 0.25) is 0 Å². The van der Waals surface area contributed by atoms with Crippen molar-refractivity contribution in [2.24, 2.45) is 5.92 Å². The zero-order valence-electron chi connectivity index (χ0n) is 16.1. The van der Waals surface area contributed by atoms with Crippen molar-refractivity contribution in [1.82, 2.24) is 9.80 Å². The molecule has 2 aromatic rings. The van der Waals surface area contributed by atoms with Crippen molar-refractivity contribution < 1.29 is 23.1 Å². The van der Waals surface area contributed by atoms with Crippen LogP contribution in [-0.4, -0.2) is 54.0 Å². The number of morpholine rings is 1. The van der Waals surface area contributed by atoms with E-state index < -0.39 is 5.82 Å². The van der Waals surface area contributed by atoms with Gasteiger partial charge >= 0.3 is 0 Å². The third kappa shape index (κ3) is 4.78. The van der Waals surface area contributed by atoms with E-state index >= 15 is 0 Å². The molecule has 1 aliphatic rings. The summed E-state index contributed by atoms with van der Waals surface area (Å²) >= 11 is 0. The first-order chi connectivity index (χ1) is 13.5. The third-order valence-corrected chi connectivity index (χ3v) is 4.69. The lowest BCUT2D eigenvalue weighted by molar-refractivity contribution is -0.138. The van der Waals surface area contributed by atoms with E-state index in [9.17, 15) is 14.0 Å². The Labute approximate surface area is 163 Å². The molecule has 0 aliphatic carbocycles. The van der Waals surface area contributed by atoms with E-state index in [1.165, 1.54) is 12.1 Å². The molecule has 1 aromatic carbocycles. The molecule has 1 atom stereocenters. The van der Waals surface area contributed by atoms with Crippen LogP contribution in [0.25, 0.3) is 0 Å². The Morgan fingerprint density at radius 2 is 2.04 bits per heavy atom. The van der Waals surface area contributed by atoms with Gasteiger partial charge in [0, 0.05) is 25.6 Å². The van der Waals surface area contributed by atoms with Crippen molar-refractivity contribution >= 4 is 11.8 Å². The minimum absolute atomic E-state index is 0.0162. The van der Waals surface area contributed by atoms with Crippen molar-refractivity contribution in [3.63, 3.8) is 0 Å². The number of amides is 2. The SMILES string of the molecule is CC(C)C(=O)N(Cc1ccco1)CC1CN(C(=O)c2ccccc2F)CCO1. The minimum Gasteiger partial charge on any atom is -0.467 e. The van der Waals surface area contributed by atoms with E-state index in [-0.39, 0.29) is 29.4 Å². The Hall–Kier alpha value is -2.67. The van der Waals surface area contributed by atoms with E-state index in [4.69, 9.17) is 9.15 Å². The molecular weight excluding hydrogens is 363 g/mol. The molecule has 7 heteroatoms. The summed E-state index contributed by atoms with van der Waals surface area (Å²) in [4.78, 5) is 28.6. The Morgan fingerprint density at radius 1 is 1.25 bits per heavy atom. The number of benzene rings is 1. The maximum absolute atomic E-state index is 14.0. The van der Waals surface area contributed by atoms with Crippen LogP contribution in [0, 0.1) is 11.7 Å². The maximum atomic E-state index is 14.0. The van der Waals surface area contributed by atoms with Gasteiger partial charge in [0.25, 0.3) is 5.91 Å². The van der Waals surface area contributed by atoms with Crippen molar-refractivity contribution in [3.05, 3.63) is 59.8 Å². The number of hydrogen-bond acceptors (Lipinski definition) is 4. The maximum Gasteiger partial charge on any atom is 0.256 e. The molecule has 2 amide bonds. The van der Waals surface area contributed by atoms with Gasteiger partial charge in [-0.1, -0.05) is 26.0 Å². The monoisotopic (exact) mass is 388 g/mol. The molecular formula is C21H25FN2O4. The van der Waals surface area contributed by atoms with Crippen LogP contribution < -0.4 is 0 Å². The third-order valence-electron chi connectivity index (χ3n) is 4.69. The summed E-state index contributed by atoms with van der Waals surface area (Å²) in [6.45, 7) is 5.38. The Balaban J connectivity index is 1.68. The quantitative estimate of drug-likeness (QED) is 0.763. The molecule has 0 saturated carbocycles. The van der Waals surface area contributed by atoms with Gasteiger partial charge in [-0.2, -0.15) is 0 Å². The standard InChI is InChI=1S/C21H25FN2O4/c1-15(2)20(25)24(12-16-6-5-10-27-16)14-17-13-23(9-11-28-17)21(26)18-7-3-4-8-19(18)22/h3-8,10,15,17H,9,11-14H2,1-2H3. The Kier molecular flexibility index (Phi) is 6.46. The molecule has 6 nitrogen and oxygen atoms in total. The van der Waals surface area contributed by atoms with Crippen LogP contribution in [0.1, 0.15) is 30.0 Å². The zero-order chi connectivity index (χ0) is 20.1. The summed E-state index contributed by atoms with van der Waals surface area (Å²) in [5.74, 6) is -0.402. The predicted octanol–water partition coefficient (Wildman–Crippen LogP) is 2.94. The highest BCUT2D eigenvalue weighted by atomic mass is 19.1. The second kappa shape index (κ2) is 9.01. The molecule has 0 N–H and O–H groups in total. The predicted molar refractivity (Wildman–Crippen MR) is 101 cm³/mol. The number of carbonyl (C=O) groups excluding carboxylic acids is 2. The van der Waals surface area contributed by atoms with Crippen molar-refractivity contribution in [2.75, 3.05) is 26.2 Å². The van der Waals surface area contributed by atoms with Crippen LogP contribution >= 0.6 is 0 Å². The van der Waals surface area contributed by atoms with Gasteiger partial charge in [-0.3, -0.25) is 9.59 Å². The van der Waals surface area contributed by atoms with Gasteiger partial charge in [-0.25, -0.2) is 4.39 Å². The summed E-state index contributed by atoms with van der Waals surface area (Å²) in [7, 11) is 0. The summed E-state index contributed by atoms with van der Waals surface area (Å²) < 4.78 is 25.1. The molecule has 0 bridgehead atoms. The first-order valence-corrected chi connectivity index (χ1v) is 9.42. The highest BCUT2D eigenvalue weighted by molar-refractivity contribution is 5.94. The molecule has 1 aromatic heterocycles. The fourth-order valence-electron chi connectivity index (χ4n) is 3.25. The van der Waals surface area contributed by atoms with E-state index in [0.29, 0.717) is 38.5 Å². The first-order valence-electron chi connectivity index (χ1n) is 9.42. The topological polar surface area (TPSA) is 63.0 Å². The van der Waals surface area contributed by atoms with Gasteiger partial charge in [0.2, 0.25) is 5.91 Å². The molecule has 1 unspecified atom stereocenters. The minimum atomic E-state index is -0.537. The number of hydrogen-bond donors (Lipinski definition) is 0. The normalized spacial score (nSPS) is 17.0. The average molecular weight is 388 g/mol. The molecule has 28 heavy (non-hydrogen) atoms. The molecule has 2 heterocycles. The van der Waals surface area contributed by atoms with Crippen molar-refractivity contribution in [1.29, 1.82) is 0 Å². The van der Waals surface area contributed by atoms with Gasteiger partial charge < -0.3 is 19.0 Å². The number of rotatable bonds is 6. The molecule has 0 spiro atoms. The Morgan fingerprint density at radius 3 is 2.71 bits per heavy atom. The molecule has 0 radical (unpaired) electrons. The van der Waals surface area contributed by atoms with Gasteiger partial charge in [0.15, 0.2) is 0 Å². The van der Waals surface area contributed by atoms with Gasteiger partial charge in [-0.05, 0) is 24.3 Å². The number of furan rings is 1. The molecule has 1 fully saturated rings. The highest BCUT2D eigenvalue weighted by Crippen LogP contribution is 2.16. The lowest BCUT2D eigenvalue weighted by atomic mass is 10.1. The average Bonchev–Trinajstić information content (AvgIpc) is 3.20. The number of halogens is 1. The molecule has 1 aliphatic heterocycles. The van der Waals surface area contributed by atoms with Crippen LogP contribution in [0.15, 0.2) is 47.1 Å². The second-order valence-corrected chi connectivity index (χ2v) is 7.18. The summed E-state index contributed by atoms with van der Waals surface area (Å²) in [5, 5.41) is 0. The Bertz CT molecular complexity index is 806. The summed E-state index contributed by atoms with van der Waals surface area (Å²) in [5.41, 5.74) is 0.0499. The number of nitrogens with zero attached hydrogens (tertiary/aromatic N) is 2. The smallest absolute Gasteiger partial charge is 0.256 e. The van der Waals surface area contributed by atoms with Gasteiger partial charge in [0.05, 0.1) is 31.1 Å². The lowest BCUT2D eigenvalue weighted by Gasteiger charge is -2.36. The van der Waals surface area contributed by atoms with Crippen LogP contribution in [-0.2, 0) is 16.1 Å². The fourth-order valence-corrected chi connectivity index (χ4v) is 3.25. The van der Waals surface area contributed by atoms with Gasteiger partial charge in [0.1, 0.15) is 11.6 Å². The molecule has 150 valence electrons. The van der Waals surface area contributed by atoms with E-state index in [1.807, 2.05) is 19.9 Å². The van der Waals surface area contributed by atoms with Crippen LogP contribution in [0.4, 0.5) is 4.39 Å². The number of carbonyl (C=O) groups is 2. The van der Waals surface area contributed by atoms with Gasteiger partial charge in [-0.15, -0.1) is 0 Å². The highest BCUT2D eigenvalue weighted by Gasteiger charge is 2.29. The van der Waals surface area contributed by atoms with E-state index in [2.05, 4.69) is 0 Å². The summed E-state index contributed by atoms with van der Waals surface area (Å²) in [6, 6.07) is 9.54. The van der Waals surface area contributed by atoms with Crippen LogP contribution in [0.3, 0.4) is 0 Å². The van der Waals surface area contributed by atoms with Crippen molar-refractivity contribution in [2.45, 2.75) is 26.5 Å². The largest absolute Gasteiger partial charge is 0.467 e. The first kappa shape index (κ1) is 20.1. The lowest BCUT2D eigenvalue weighted by Crippen LogP contribution is -2.51. The van der Waals surface area contributed by atoms with E-state index in [0.717, 1.165) is 0 Å². The molecule has 3 rings (SSSR count).